The summed E-state index contributed by atoms with van der Waals surface area (Å²) in [5.41, 5.74) is 1.31. The zero-order chi connectivity index (χ0) is 10.5. The zero-order valence-electron chi connectivity index (χ0n) is 9.03. The molecule has 1 atom stereocenters. The van der Waals surface area contributed by atoms with Crippen molar-refractivity contribution in [3.8, 4) is 5.75 Å². The van der Waals surface area contributed by atoms with Gasteiger partial charge in [0.1, 0.15) is 5.75 Å². The Balaban J connectivity index is 2.02. The van der Waals surface area contributed by atoms with Gasteiger partial charge in [0.05, 0.1) is 6.61 Å². The molecule has 2 rings (SSSR count). The normalized spacial score (nSPS) is 19.4. The van der Waals surface area contributed by atoms with E-state index in [1.54, 1.807) is 0 Å². The fourth-order valence-corrected chi connectivity index (χ4v) is 2.21. The van der Waals surface area contributed by atoms with E-state index in [2.05, 4.69) is 29.8 Å². The van der Waals surface area contributed by atoms with Crippen LogP contribution in [0.15, 0.2) is 24.3 Å². The minimum atomic E-state index is 0.474. The van der Waals surface area contributed by atoms with E-state index in [-0.39, 0.29) is 0 Å². The van der Waals surface area contributed by atoms with Gasteiger partial charge in [0.25, 0.3) is 0 Å². The molecule has 0 saturated heterocycles. The molecule has 0 radical (unpaired) electrons. The molecule has 0 aromatic heterocycles. The molecule has 0 saturated carbocycles. The molecule has 0 bridgehead atoms. The summed E-state index contributed by atoms with van der Waals surface area (Å²) in [7, 11) is 0. The Kier molecular flexibility index (Phi) is 3.92. The Bertz CT molecular complexity index is 316. The molecule has 1 aromatic carbocycles. The highest BCUT2D eigenvalue weighted by molar-refractivity contribution is 7.98. The molecule has 1 heterocycles. The van der Waals surface area contributed by atoms with E-state index in [1.807, 2.05) is 17.8 Å². The lowest BCUT2D eigenvalue weighted by Gasteiger charge is -2.26. The number of nitrogens with one attached hydrogen (secondary N) is 1. The first-order chi connectivity index (χ1) is 7.42. The van der Waals surface area contributed by atoms with Gasteiger partial charge < -0.3 is 10.1 Å². The average Bonchev–Trinajstić information content (AvgIpc) is 2.30. The number of benzene rings is 1. The number of ether oxygens (including phenoxy) is 1. The van der Waals surface area contributed by atoms with Gasteiger partial charge in [-0.3, -0.25) is 0 Å². The van der Waals surface area contributed by atoms with E-state index < -0.39 is 0 Å². The Morgan fingerprint density at radius 3 is 3.20 bits per heavy atom. The maximum atomic E-state index is 5.61. The minimum absolute atomic E-state index is 0.474. The van der Waals surface area contributed by atoms with E-state index in [4.69, 9.17) is 4.74 Å². The van der Waals surface area contributed by atoms with Crippen LogP contribution in [-0.2, 0) is 0 Å². The highest BCUT2D eigenvalue weighted by Gasteiger charge is 2.19. The molecule has 1 aliphatic rings. The van der Waals surface area contributed by atoms with E-state index in [1.165, 1.54) is 11.3 Å². The number of hydrogen-bond donors (Lipinski definition) is 1. The molecule has 2 nitrogen and oxygen atoms in total. The lowest BCUT2D eigenvalue weighted by molar-refractivity contribution is 0.254. The van der Waals surface area contributed by atoms with Crippen LogP contribution >= 0.6 is 11.8 Å². The lowest BCUT2D eigenvalue weighted by atomic mass is 10.0. The summed E-state index contributed by atoms with van der Waals surface area (Å²) in [4.78, 5) is 0. The molecule has 3 heteroatoms. The fourth-order valence-electron chi connectivity index (χ4n) is 1.89. The molecule has 1 aromatic rings. The van der Waals surface area contributed by atoms with Gasteiger partial charge in [-0.2, -0.15) is 11.8 Å². The second kappa shape index (κ2) is 5.42. The fraction of sp³-hybridized carbons (Fsp3) is 0.500. The summed E-state index contributed by atoms with van der Waals surface area (Å²) in [6.45, 7) is 1.90. The van der Waals surface area contributed by atoms with Gasteiger partial charge in [-0.1, -0.05) is 18.2 Å². The maximum Gasteiger partial charge on any atom is 0.124 e. The molecule has 82 valence electrons. The van der Waals surface area contributed by atoms with Crippen molar-refractivity contribution in [2.24, 2.45) is 0 Å². The van der Waals surface area contributed by atoms with Crippen molar-refractivity contribution in [2.45, 2.75) is 12.5 Å². The van der Waals surface area contributed by atoms with E-state index >= 15 is 0 Å². The van der Waals surface area contributed by atoms with Crippen LogP contribution in [-0.4, -0.2) is 25.2 Å². The summed E-state index contributed by atoms with van der Waals surface area (Å²) in [6.07, 6.45) is 3.21. The van der Waals surface area contributed by atoms with Gasteiger partial charge in [-0.05, 0) is 12.3 Å². The standard InChI is InChI=1S/C12H17NOS/c1-15-9-7-13-11-6-8-14-12-5-3-2-4-10(11)12/h2-5,11,13H,6-9H2,1H3. The molecule has 15 heavy (non-hydrogen) atoms. The van der Waals surface area contributed by atoms with Crippen LogP contribution in [0.5, 0.6) is 5.75 Å². The summed E-state index contributed by atoms with van der Waals surface area (Å²) < 4.78 is 5.61. The molecular weight excluding hydrogens is 206 g/mol. The minimum Gasteiger partial charge on any atom is -0.493 e. The van der Waals surface area contributed by atoms with Crippen molar-refractivity contribution in [2.75, 3.05) is 25.2 Å². The van der Waals surface area contributed by atoms with Gasteiger partial charge in [0.15, 0.2) is 0 Å². The van der Waals surface area contributed by atoms with Crippen molar-refractivity contribution in [1.82, 2.24) is 5.32 Å². The Hall–Kier alpha value is -0.670. The molecule has 0 spiro atoms. The SMILES string of the molecule is CSCCNC1CCOc2ccccc21. The molecule has 1 N–H and O–H groups in total. The quantitative estimate of drug-likeness (QED) is 0.792. The second-order valence-corrected chi connectivity index (χ2v) is 4.66. The number of rotatable bonds is 4. The van der Waals surface area contributed by atoms with Crippen LogP contribution < -0.4 is 10.1 Å². The first-order valence-corrected chi connectivity index (χ1v) is 6.75. The molecule has 1 unspecified atom stereocenters. The van der Waals surface area contributed by atoms with Gasteiger partial charge in [0.2, 0.25) is 0 Å². The van der Waals surface area contributed by atoms with Crippen LogP contribution in [0.4, 0.5) is 0 Å². The van der Waals surface area contributed by atoms with E-state index in [9.17, 15) is 0 Å². The number of hydrogen-bond acceptors (Lipinski definition) is 3. The molecule has 0 aliphatic carbocycles. The van der Waals surface area contributed by atoms with E-state index in [0.717, 1.165) is 25.3 Å². The van der Waals surface area contributed by atoms with Crippen molar-refractivity contribution < 1.29 is 4.74 Å². The van der Waals surface area contributed by atoms with Crippen LogP contribution in [0.2, 0.25) is 0 Å². The van der Waals surface area contributed by atoms with Crippen LogP contribution in [0, 0.1) is 0 Å². The van der Waals surface area contributed by atoms with Crippen molar-refractivity contribution in [1.29, 1.82) is 0 Å². The van der Waals surface area contributed by atoms with Crippen molar-refractivity contribution in [3.63, 3.8) is 0 Å². The van der Waals surface area contributed by atoms with Gasteiger partial charge in [-0.15, -0.1) is 0 Å². The largest absolute Gasteiger partial charge is 0.493 e. The van der Waals surface area contributed by atoms with Gasteiger partial charge in [-0.25, -0.2) is 0 Å². The van der Waals surface area contributed by atoms with E-state index in [0.29, 0.717) is 6.04 Å². The average molecular weight is 223 g/mol. The molecule has 0 fully saturated rings. The zero-order valence-corrected chi connectivity index (χ0v) is 9.85. The third kappa shape index (κ3) is 2.67. The summed E-state index contributed by atoms with van der Waals surface area (Å²) in [5.74, 6) is 2.21. The molecule has 1 aliphatic heterocycles. The highest BCUT2D eigenvalue weighted by atomic mass is 32.2. The Labute approximate surface area is 95.4 Å². The molecule has 0 amide bonds. The summed E-state index contributed by atoms with van der Waals surface area (Å²) in [6, 6.07) is 8.80. The Morgan fingerprint density at radius 1 is 1.47 bits per heavy atom. The third-order valence-electron chi connectivity index (χ3n) is 2.66. The summed E-state index contributed by atoms with van der Waals surface area (Å²) >= 11 is 1.88. The lowest BCUT2D eigenvalue weighted by Crippen LogP contribution is -2.28. The predicted molar refractivity (Wildman–Crippen MR) is 65.7 cm³/mol. The highest BCUT2D eigenvalue weighted by Crippen LogP contribution is 2.31. The van der Waals surface area contributed by atoms with Crippen LogP contribution in [0.25, 0.3) is 0 Å². The van der Waals surface area contributed by atoms with Crippen LogP contribution in [0.1, 0.15) is 18.0 Å². The van der Waals surface area contributed by atoms with Crippen molar-refractivity contribution >= 4 is 11.8 Å². The first-order valence-electron chi connectivity index (χ1n) is 5.36. The number of thioether (sulfide) groups is 1. The summed E-state index contributed by atoms with van der Waals surface area (Å²) in [5, 5.41) is 3.58. The smallest absolute Gasteiger partial charge is 0.124 e. The predicted octanol–water partition coefficient (Wildman–Crippen LogP) is 2.46. The van der Waals surface area contributed by atoms with Gasteiger partial charge in [0, 0.05) is 30.3 Å². The van der Waals surface area contributed by atoms with Gasteiger partial charge >= 0.3 is 0 Å². The van der Waals surface area contributed by atoms with Crippen LogP contribution in [0.3, 0.4) is 0 Å². The second-order valence-electron chi connectivity index (χ2n) is 3.67. The monoisotopic (exact) mass is 223 g/mol. The molecular formula is C12H17NOS. The third-order valence-corrected chi connectivity index (χ3v) is 3.27. The number of fused-ring (bicyclic) bond motifs is 1. The Morgan fingerprint density at radius 2 is 2.33 bits per heavy atom. The maximum absolute atomic E-state index is 5.61. The van der Waals surface area contributed by atoms with Crippen molar-refractivity contribution in [3.05, 3.63) is 29.8 Å². The number of para-hydroxylation sites is 1. The first kappa shape index (κ1) is 10.8. The topological polar surface area (TPSA) is 21.3 Å².